The van der Waals surface area contributed by atoms with Crippen molar-refractivity contribution in [3.8, 4) is 0 Å². The standard InChI is InChI=1S/C17H22O/c1-12-6-4-11-14(12)17(18)16-10-3-2-9-15(16)13-7-5-8-13/h2-3,9-10,12-14H,4-8,11H2,1H3. The summed E-state index contributed by atoms with van der Waals surface area (Å²) in [5.74, 6) is 1.93. The summed E-state index contributed by atoms with van der Waals surface area (Å²) in [5.41, 5.74) is 2.36. The van der Waals surface area contributed by atoms with Crippen molar-refractivity contribution >= 4 is 5.78 Å². The van der Waals surface area contributed by atoms with Gasteiger partial charge in [-0.25, -0.2) is 0 Å². The molecule has 96 valence electrons. The van der Waals surface area contributed by atoms with Crippen LogP contribution in [0.3, 0.4) is 0 Å². The van der Waals surface area contributed by atoms with E-state index in [4.69, 9.17) is 0 Å². The minimum absolute atomic E-state index is 0.284. The van der Waals surface area contributed by atoms with E-state index < -0.39 is 0 Å². The first kappa shape index (κ1) is 12.0. The van der Waals surface area contributed by atoms with Gasteiger partial charge in [-0.3, -0.25) is 4.79 Å². The van der Waals surface area contributed by atoms with Gasteiger partial charge in [0, 0.05) is 11.5 Å². The van der Waals surface area contributed by atoms with Crippen LogP contribution < -0.4 is 0 Å². The number of carbonyl (C=O) groups is 1. The van der Waals surface area contributed by atoms with Crippen LogP contribution >= 0.6 is 0 Å². The van der Waals surface area contributed by atoms with Gasteiger partial charge in [-0.05, 0) is 43.1 Å². The summed E-state index contributed by atoms with van der Waals surface area (Å²) in [6.45, 7) is 2.24. The molecule has 18 heavy (non-hydrogen) atoms. The minimum Gasteiger partial charge on any atom is -0.294 e. The molecule has 1 heteroatoms. The summed E-state index contributed by atoms with van der Waals surface area (Å²) in [6.07, 6.45) is 7.41. The number of benzene rings is 1. The lowest BCUT2D eigenvalue weighted by Gasteiger charge is -2.28. The molecule has 0 heterocycles. The van der Waals surface area contributed by atoms with Gasteiger partial charge in [0.25, 0.3) is 0 Å². The van der Waals surface area contributed by atoms with E-state index >= 15 is 0 Å². The monoisotopic (exact) mass is 242 g/mol. The van der Waals surface area contributed by atoms with Crippen LogP contribution in [0.2, 0.25) is 0 Å². The van der Waals surface area contributed by atoms with Gasteiger partial charge < -0.3 is 0 Å². The molecule has 1 aromatic carbocycles. The molecule has 0 aromatic heterocycles. The summed E-state index contributed by atoms with van der Waals surface area (Å²) in [7, 11) is 0. The largest absolute Gasteiger partial charge is 0.294 e. The molecule has 0 spiro atoms. The third-order valence-electron chi connectivity index (χ3n) is 4.97. The second kappa shape index (κ2) is 4.87. The van der Waals surface area contributed by atoms with Crippen LogP contribution in [0.15, 0.2) is 24.3 Å². The molecule has 2 aliphatic carbocycles. The van der Waals surface area contributed by atoms with Crippen molar-refractivity contribution in [1.82, 2.24) is 0 Å². The van der Waals surface area contributed by atoms with Crippen LogP contribution in [-0.2, 0) is 0 Å². The van der Waals surface area contributed by atoms with E-state index in [9.17, 15) is 4.79 Å². The molecule has 0 amide bonds. The Labute approximate surface area is 110 Å². The highest BCUT2D eigenvalue weighted by Gasteiger charge is 2.33. The zero-order valence-electron chi connectivity index (χ0n) is 11.2. The van der Waals surface area contributed by atoms with Gasteiger partial charge in [-0.2, -0.15) is 0 Å². The first-order chi connectivity index (χ1) is 8.77. The fourth-order valence-corrected chi connectivity index (χ4v) is 3.53. The van der Waals surface area contributed by atoms with E-state index in [1.54, 1.807) is 0 Å². The smallest absolute Gasteiger partial charge is 0.166 e. The molecule has 2 unspecified atom stereocenters. The van der Waals surface area contributed by atoms with Crippen molar-refractivity contribution in [2.24, 2.45) is 11.8 Å². The lowest BCUT2D eigenvalue weighted by molar-refractivity contribution is 0.0895. The highest BCUT2D eigenvalue weighted by Crippen LogP contribution is 2.40. The van der Waals surface area contributed by atoms with Crippen LogP contribution in [0.25, 0.3) is 0 Å². The summed E-state index contributed by atoms with van der Waals surface area (Å²) in [4.78, 5) is 12.7. The molecular weight excluding hydrogens is 220 g/mol. The first-order valence-corrected chi connectivity index (χ1v) is 7.40. The molecule has 2 fully saturated rings. The summed E-state index contributed by atoms with van der Waals surface area (Å²) in [5, 5.41) is 0. The third kappa shape index (κ3) is 2.00. The molecule has 0 saturated heterocycles. The van der Waals surface area contributed by atoms with Crippen molar-refractivity contribution in [2.45, 2.75) is 51.4 Å². The van der Waals surface area contributed by atoms with Gasteiger partial charge in [0.05, 0.1) is 0 Å². The van der Waals surface area contributed by atoms with Gasteiger partial charge >= 0.3 is 0 Å². The first-order valence-electron chi connectivity index (χ1n) is 7.40. The van der Waals surface area contributed by atoms with Crippen LogP contribution in [0.1, 0.15) is 67.3 Å². The second-order valence-corrected chi connectivity index (χ2v) is 6.09. The molecule has 0 bridgehead atoms. The van der Waals surface area contributed by atoms with Crippen LogP contribution in [0.5, 0.6) is 0 Å². The molecule has 2 saturated carbocycles. The number of carbonyl (C=O) groups excluding carboxylic acids is 1. The SMILES string of the molecule is CC1CCCC1C(=O)c1ccccc1C1CCC1. The van der Waals surface area contributed by atoms with Gasteiger partial charge in [0.15, 0.2) is 5.78 Å². The Kier molecular flexibility index (Phi) is 3.23. The minimum atomic E-state index is 0.284. The van der Waals surface area contributed by atoms with E-state index in [0.717, 1.165) is 12.0 Å². The number of ketones is 1. The zero-order chi connectivity index (χ0) is 12.5. The topological polar surface area (TPSA) is 17.1 Å². The Hall–Kier alpha value is -1.11. The lowest BCUT2D eigenvalue weighted by Crippen LogP contribution is -2.21. The molecule has 2 atom stereocenters. The van der Waals surface area contributed by atoms with E-state index in [1.807, 2.05) is 6.07 Å². The van der Waals surface area contributed by atoms with Crippen molar-refractivity contribution in [3.63, 3.8) is 0 Å². The molecule has 0 aliphatic heterocycles. The van der Waals surface area contributed by atoms with Crippen molar-refractivity contribution in [2.75, 3.05) is 0 Å². The Morgan fingerprint density at radius 3 is 2.39 bits per heavy atom. The number of hydrogen-bond donors (Lipinski definition) is 0. The van der Waals surface area contributed by atoms with Gasteiger partial charge in [-0.1, -0.05) is 44.0 Å². The Morgan fingerprint density at radius 2 is 1.78 bits per heavy atom. The van der Waals surface area contributed by atoms with Gasteiger partial charge in [-0.15, -0.1) is 0 Å². The fraction of sp³-hybridized carbons (Fsp3) is 0.588. The maximum atomic E-state index is 12.7. The van der Waals surface area contributed by atoms with Gasteiger partial charge in [0.1, 0.15) is 0 Å². The Morgan fingerprint density at radius 1 is 1.06 bits per heavy atom. The van der Waals surface area contributed by atoms with Crippen LogP contribution in [0.4, 0.5) is 0 Å². The summed E-state index contributed by atoms with van der Waals surface area (Å²) < 4.78 is 0. The zero-order valence-corrected chi connectivity index (χ0v) is 11.2. The van der Waals surface area contributed by atoms with E-state index in [-0.39, 0.29) is 5.92 Å². The van der Waals surface area contributed by atoms with E-state index in [2.05, 4.69) is 25.1 Å². The van der Waals surface area contributed by atoms with Crippen LogP contribution in [-0.4, -0.2) is 5.78 Å². The maximum absolute atomic E-state index is 12.7. The Bertz CT molecular complexity index is 445. The molecule has 2 aliphatic rings. The molecule has 1 nitrogen and oxygen atoms in total. The number of rotatable bonds is 3. The molecule has 0 N–H and O–H groups in total. The third-order valence-corrected chi connectivity index (χ3v) is 4.97. The van der Waals surface area contributed by atoms with Crippen molar-refractivity contribution in [3.05, 3.63) is 35.4 Å². The average Bonchev–Trinajstić information content (AvgIpc) is 2.73. The highest BCUT2D eigenvalue weighted by molar-refractivity contribution is 5.99. The van der Waals surface area contributed by atoms with E-state index in [1.165, 1.54) is 37.7 Å². The van der Waals surface area contributed by atoms with Gasteiger partial charge in [0.2, 0.25) is 0 Å². The maximum Gasteiger partial charge on any atom is 0.166 e. The lowest BCUT2D eigenvalue weighted by atomic mass is 9.76. The molecule has 0 radical (unpaired) electrons. The van der Waals surface area contributed by atoms with Crippen molar-refractivity contribution < 1.29 is 4.79 Å². The average molecular weight is 242 g/mol. The summed E-state index contributed by atoms with van der Waals surface area (Å²) in [6, 6.07) is 8.34. The molecule has 1 aromatic rings. The Balaban J connectivity index is 1.88. The second-order valence-electron chi connectivity index (χ2n) is 6.09. The normalized spacial score (nSPS) is 28.1. The van der Waals surface area contributed by atoms with Crippen molar-refractivity contribution in [1.29, 1.82) is 0 Å². The van der Waals surface area contributed by atoms with Crippen LogP contribution in [0, 0.1) is 11.8 Å². The highest BCUT2D eigenvalue weighted by atomic mass is 16.1. The molecule has 3 rings (SSSR count). The predicted molar refractivity (Wildman–Crippen MR) is 73.9 cm³/mol. The fourth-order valence-electron chi connectivity index (χ4n) is 3.53. The molecular formula is C17H22O. The quantitative estimate of drug-likeness (QED) is 0.709. The predicted octanol–water partition coefficient (Wildman–Crippen LogP) is 4.57. The van der Waals surface area contributed by atoms with E-state index in [0.29, 0.717) is 17.6 Å². The number of Topliss-reactive ketones (excluding diaryl/α,β-unsaturated/α-hetero) is 1. The summed E-state index contributed by atoms with van der Waals surface area (Å²) >= 11 is 0. The number of hydrogen-bond acceptors (Lipinski definition) is 1.